The molecule has 2 nitrogen and oxygen atoms in total. The predicted octanol–water partition coefficient (Wildman–Crippen LogP) is 3.99. The third-order valence-electron chi connectivity index (χ3n) is 4.05. The van der Waals surface area contributed by atoms with Crippen LogP contribution in [0.1, 0.15) is 32.1 Å². The second-order valence-corrected chi connectivity index (χ2v) is 5.78. The van der Waals surface area contributed by atoms with Crippen LogP contribution in [0, 0.1) is 5.82 Å². The first kappa shape index (κ1) is 12.2. The van der Waals surface area contributed by atoms with Crippen molar-refractivity contribution in [2.75, 3.05) is 11.9 Å². The lowest BCUT2D eigenvalue weighted by molar-refractivity contribution is -0.130. The van der Waals surface area contributed by atoms with Gasteiger partial charge in [0.25, 0.3) is 0 Å². The van der Waals surface area contributed by atoms with E-state index in [1.54, 1.807) is 12.1 Å². The highest BCUT2D eigenvalue weighted by Crippen LogP contribution is 2.43. The molecular weight excluding hydrogens is 253 g/mol. The first-order valence-electron chi connectivity index (χ1n) is 6.52. The van der Waals surface area contributed by atoms with Gasteiger partial charge in [0.1, 0.15) is 5.82 Å². The molecular formula is C14H17ClFNO. The summed E-state index contributed by atoms with van der Waals surface area (Å²) in [6.45, 7) is 0.764. The Morgan fingerprint density at radius 3 is 2.94 bits per heavy atom. The van der Waals surface area contributed by atoms with Gasteiger partial charge < -0.3 is 10.1 Å². The molecule has 1 aliphatic carbocycles. The van der Waals surface area contributed by atoms with Gasteiger partial charge in [0.05, 0.1) is 11.3 Å². The Hall–Kier alpha value is -0.800. The van der Waals surface area contributed by atoms with Gasteiger partial charge in [-0.05, 0) is 50.3 Å². The van der Waals surface area contributed by atoms with Crippen LogP contribution in [0.4, 0.5) is 10.1 Å². The molecule has 3 rings (SSSR count). The summed E-state index contributed by atoms with van der Waals surface area (Å²) < 4.78 is 19.5. The number of rotatable bonds is 2. The summed E-state index contributed by atoms with van der Waals surface area (Å²) in [4.78, 5) is 0. The Kier molecular flexibility index (Phi) is 3.20. The molecule has 1 aromatic rings. The summed E-state index contributed by atoms with van der Waals surface area (Å²) in [7, 11) is 0. The Morgan fingerprint density at radius 1 is 1.39 bits per heavy atom. The molecule has 2 aliphatic rings. The third kappa shape index (κ3) is 2.34. The van der Waals surface area contributed by atoms with Crippen molar-refractivity contribution in [2.45, 2.75) is 43.7 Å². The van der Waals surface area contributed by atoms with Crippen molar-refractivity contribution in [3.63, 3.8) is 0 Å². The van der Waals surface area contributed by atoms with E-state index in [0.29, 0.717) is 10.7 Å². The molecule has 1 aliphatic heterocycles. The van der Waals surface area contributed by atoms with Gasteiger partial charge in [-0.3, -0.25) is 0 Å². The topological polar surface area (TPSA) is 21.3 Å². The average Bonchev–Trinajstić information content (AvgIpc) is 2.32. The molecule has 0 bridgehead atoms. The van der Waals surface area contributed by atoms with Crippen molar-refractivity contribution in [1.29, 1.82) is 0 Å². The highest BCUT2D eigenvalue weighted by molar-refractivity contribution is 6.30. The molecule has 0 aromatic heterocycles. The molecule has 1 spiro atoms. The minimum absolute atomic E-state index is 0.0744. The van der Waals surface area contributed by atoms with E-state index in [0.717, 1.165) is 32.3 Å². The molecule has 1 N–H and O–H groups in total. The molecule has 1 aromatic carbocycles. The number of hydrogen-bond donors (Lipinski definition) is 1. The van der Waals surface area contributed by atoms with Gasteiger partial charge in [0, 0.05) is 17.7 Å². The van der Waals surface area contributed by atoms with Gasteiger partial charge in [-0.25, -0.2) is 4.39 Å². The first-order valence-corrected chi connectivity index (χ1v) is 6.90. The van der Waals surface area contributed by atoms with E-state index < -0.39 is 0 Å². The number of halogens is 2. The van der Waals surface area contributed by atoms with Crippen LogP contribution >= 0.6 is 11.6 Å². The number of anilines is 1. The summed E-state index contributed by atoms with van der Waals surface area (Å²) in [6, 6.07) is 4.91. The molecule has 18 heavy (non-hydrogen) atoms. The lowest BCUT2D eigenvalue weighted by Gasteiger charge is -2.47. The minimum atomic E-state index is -0.242. The average molecular weight is 270 g/mol. The number of nitrogens with one attached hydrogen (secondary N) is 1. The van der Waals surface area contributed by atoms with Crippen LogP contribution < -0.4 is 5.32 Å². The Morgan fingerprint density at radius 2 is 2.22 bits per heavy atom. The second kappa shape index (κ2) is 4.71. The van der Waals surface area contributed by atoms with Gasteiger partial charge in [0.15, 0.2) is 0 Å². The number of ether oxygens (including phenoxy) is 1. The smallest absolute Gasteiger partial charge is 0.146 e. The normalized spacial score (nSPS) is 25.8. The largest absolute Gasteiger partial charge is 0.380 e. The molecule has 0 radical (unpaired) electrons. The van der Waals surface area contributed by atoms with Gasteiger partial charge in [-0.2, -0.15) is 0 Å². The molecule has 2 fully saturated rings. The zero-order valence-electron chi connectivity index (χ0n) is 10.2. The molecule has 1 saturated carbocycles. The van der Waals surface area contributed by atoms with Crippen LogP contribution in [0.2, 0.25) is 5.02 Å². The zero-order valence-corrected chi connectivity index (χ0v) is 11.0. The highest BCUT2D eigenvalue weighted by Gasteiger charge is 2.42. The lowest BCUT2D eigenvalue weighted by Crippen LogP contribution is -2.49. The van der Waals surface area contributed by atoms with Crippen molar-refractivity contribution >= 4 is 17.3 Å². The first-order chi connectivity index (χ1) is 8.67. The van der Waals surface area contributed by atoms with E-state index in [1.165, 1.54) is 12.5 Å². The van der Waals surface area contributed by atoms with Gasteiger partial charge in [-0.1, -0.05) is 11.6 Å². The summed E-state index contributed by atoms with van der Waals surface area (Å²) in [5, 5.41) is 3.83. The standard InChI is InChI=1S/C14H17ClFNO/c15-10-2-3-12(16)13(8-10)17-11-4-7-18-14(9-11)5-1-6-14/h2-3,8,11,17H,1,4-7,9H2. The van der Waals surface area contributed by atoms with Crippen molar-refractivity contribution in [2.24, 2.45) is 0 Å². The van der Waals surface area contributed by atoms with E-state index >= 15 is 0 Å². The monoisotopic (exact) mass is 269 g/mol. The zero-order chi connectivity index (χ0) is 12.6. The van der Waals surface area contributed by atoms with E-state index in [9.17, 15) is 4.39 Å². The molecule has 1 unspecified atom stereocenters. The molecule has 1 atom stereocenters. The van der Waals surface area contributed by atoms with E-state index in [4.69, 9.17) is 16.3 Å². The number of benzene rings is 1. The summed E-state index contributed by atoms with van der Waals surface area (Å²) >= 11 is 5.90. The van der Waals surface area contributed by atoms with Gasteiger partial charge in [-0.15, -0.1) is 0 Å². The fourth-order valence-corrected chi connectivity index (χ4v) is 3.07. The van der Waals surface area contributed by atoms with Gasteiger partial charge in [0.2, 0.25) is 0 Å². The second-order valence-electron chi connectivity index (χ2n) is 5.34. The van der Waals surface area contributed by atoms with Crippen LogP contribution in [0.5, 0.6) is 0 Å². The van der Waals surface area contributed by atoms with E-state index in [2.05, 4.69) is 5.32 Å². The molecule has 98 valence electrons. The fraction of sp³-hybridized carbons (Fsp3) is 0.571. The lowest BCUT2D eigenvalue weighted by atomic mass is 9.74. The van der Waals surface area contributed by atoms with Crippen molar-refractivity contribution < 1.29 is 9.13 Å². The quantitative estimate of drug-likeness (QED) is 0.876. The number of hydrogen-bond acceptors (Lipinski definition) is 2. The van der Waals surface area contributed by atoms with Crippen LogP contribution in [0.3, 0.4) is 0 Å². The van der Waals surface area contributed by atoms with E-state index in [-0.39, 0.29) is 17.5 Å². The predicted molar refractivity (Wildman–Crippen MR) is 70.6 cm³/mol. The van der Waals surface area contributed by atoms with Crippen molar-refractivity contribution in [3.05, 3.63) is 29.0 Å². The Labute approximate surface area is 111 Å². The summed E-state index contributed by atoms with van der Waals surface area (Å²) in [5.74, 6) is -0.242. The minimum Gasteiger partial charge on any atom is -0.380 e. The fourth-order valence-electron chi connectivity index (χ4n) is 2.90. The third-order valence-corrected chi connectivity index (χ3v) is 4.28. The molecule has 0 amide bonds. The summed E-state index contributed by atoms with van der Waals surface area (Å²) in [5.41, 5.74) is 0.578. The maximum Gasteiger partial charge on any atom is 0.146 e. The highest BCUT2D eigenvalue weighted by atomic mass is 35.5. The molecule has 4 heteroatoms. The maximum atomic E-state index is 13.7. The van der Waals surface area contributed by atoms with Crippen LogP contribution in [0.25, 0.3) is 0 Å². The summed E-state index contributed by atoms with van der Waals surface area (Å²) in [6.07, 6.45) is 5.43. The van der Waals surface area contributed by atoms with Gasteiger partial charge >= 0.3 is 0 Å². The molecule has 1 heterocycles. The van der Waals surface area contributed by atoms with Crippen molar-refractivity contribution in [3.8, 4) is 0 Å². The Bertz CT molecular complexity index is 447. The van der Waals surface area contributed by atoms with Crippen molar-refractivity contribution in [1.82, 2.24) is 0 Å². The maximum absolute atomic E-state index is 13.7. The molecule has 1 saturated heterocycles. The Balaban J connectivity index is 1.70. The van der Waals surface area contributed by atoms with Crippen LogP contribution in [-0.2, 0) is 4.74 Å². The van der Waals surface area contributed by atoms with Crippen LogP contribution in [0.15, 0.2) is 18.2 Å². The SMILES string of the molecule is Fc1ccc(Cl)cc1NC1CCOC2(CCC2)C1. The van der Waals surface area contributed by atoms with E-state index in [1.807, 2.05) is 0 Å². The van der Waals surface area contributed by atoms with Crippen LogP contribution in [-0.4, -0.2) is 18.2 Å².